The zero-order valence-corrected chi connectivity index (χ0v) is 16.0. The molecular formula is C19H19Cl2N3O3. The number of hydrogen-bond acceptors (Lipinski definition) is 4. The minimum Gasteiger partial charge on any atom is -0.489 e. The molecule has 0 saturated heterocycles. The van der Waals surface area contributed by atoms with Gasteiger partial charge in [-0.2, -0.15) is 5.10 Å². The molecule has 4 rings (SSSR count). The number of halogens is 2. The molecule has 1 aliphatic rings. The number of amides is 1. The third kappa shape index (κ3) is 4.35. The number of aliphatic hydroxyl groups excluding tert-OH is 1. The van der Waals surface area contributed by atoms with Crippen LogP contribution in [0.4, 0.5) is 0 Å². The smallest absolute Gasteiger partial charge is 0.252 e. The molecule has 1 amide bonds. The Labute approximate surface area is 166 Å². The van der Waals surface area contributed by atoms with Crippen LogP contribution in [0.15, 0.2) is 42.6 Å². The van der Waals surface area contributed by atoms with Gasteiger partial charge in [-0.1, -0.05) is 35.3 Å². The largest absolute Gasteiger partial charge is 0.489 e. The first-order valence-corrected chi connectivity index (χ1v) is 9.23. The highest BCUT2D eigenvalue weighted by Gasteiger charge is 2.20. The summed E-state index contributed by atoms with van der Waals surface area (Å²) in [5.74, 6) is 0.189. The van der Waals surface area contributed by atoms with E-state index in [1.54, 1.807) is 24.3 Å². The molecule has 142 valence electrons. The molecule has 2 heterocycles. The van der Waals surface area contributed by atoms with Gasteiger partial charge in [0.25, 0.3) is 5.91 Å². The van der Waals surface area contributed by atoms with Crippen LogP contribution in [0.25, 0.3) is 5.52 Å². The van der Waals surface area contributed by atoms with Gasteiger partial charge in [-0.05, 0) is 43.5 Å². The maximum atomic E-state index is 11.0. The van der Waals surface area contributed by atoms with E-state index < -0.39 is 5.91 Å². The number of aliphatic hydroxyl groups is 1. The number of carbonyl (C=O) groups is 1. The minimum absolute atomic E-state index is 0.128. The molecule has 1 aliphatic carbocycles. The van der Waals surface area contributed by atoms with Gasteiger partial charge in [-0.3, -0.25) is 4.79 Å². The number of rotatable bonds is 4. The van der Waals surface area contributed by atoms with E-state index in [-0.39, 0.29) is 6.61 Å². The van der Waals surface area contributed by atoms with Crippen molar-refractivity contribution in [2.75, 3.05) is 0 Å². The Hall–Kier alpha value is -2.28. The van der Waals surface area contributed by atoms with E-state index in [4.69, 9.17) is 38.8 Å². The Morgan fingerprint density at radius 1 is 1.26 bits per heavy atom. The Balaban J connectivity index is 0.000000156. The van der Waals surface area contributed by atoms with E-state index in [0.717, 1.165) is 12.8 Å². The number of nitrogens with two attached hydrogens (primary N) is 1. The van der Waals surface area contributed by atoms with E-state index in [9.17, 15) is 4.79 Å². The lowest BCUT2D eigenvalue weighted by atomic mass is 9.96. The quantitative estimate of drug-likeness (QED) is 0.686. The topological polar surface area (TPSA) is 89.9 Å². The highest BCUT2D eigenvalue weighted by Crippen LogP contribution is 2.34. The first-order valence-electron chi connectivity index (χ1n) is 8.48. The highest BCUT2D eigenvalue weighted by atomic mass is 35.5. The number of aromatic nitrogens is 2. The predicted octanol–water partition coefficient (Wildman–Crippen LogP) is 3.85. The number of carbonyl (C=O) groups excluding carboxylic acids is 1. The van der Waals surface area contributed by atoms with Crippen LogP contribution < -0.4 is 10.5 Å². The molecule has 0 radical (unpaired) electrons. The minimum atomic E-state index is -0.518. The second-order valence-electron chi connectivity index (χ2n) is 6.12. The lowest BCUT2D eigenvalue weighted by Gasteiger charge is -2.26. The van der Waals surface area contributed by atoms with Gasteiger partial charge in [0.05, 0.1) is 40.7 Å². The Morgan fingerprint density at radius 2 is 2.00 bits per heavy atom. The second kappa shape index (κ2) is 8.61. The molecule has 0 unspecified atom stereocenters. The van der Waals surface area contributed by atoms with Crippen LogP contribution in [0, 0.1) is 0 Å². The maximum absolute atomic E-state index is 11.0. The molecule has 1 saturated carbocycles. The molecule has 1 fully saturated rings. The zero-order valence-electron chi connectivity index (χ0n) is 14.4. The van der Waals surface area contributed by atoms with Gasteiger partial charge in [0, 0.05) is 0 Å². The van der Waals surface area contributed by atoms with E-state index in [1.165, 1.54) is 17.1 Å². The van der Waals surface area contributed by atoms with Crippen LogP contribution in [-0.4, -0.2) is 26.7 Å². The number of primary amides is 1. The molecular weight excluding hydrogens is 389 g/mol. The summed E-state index contributed by atoms with van der Waals surface area (Å²) in [5, 5.41) is 14.1. The van der Waals surface area contributed by atoms with Gasteiger partial charge in [0.1, 0.15) is 10.8 Å². The number of benzene rings is 1. The molecule has 3 N–H and O–H groups in total. The molecule has 27 heavy (non-hydrogen) atoms. The Bertz CT molecular complexity index is 955. The standard InChI is InChI=1S/C10H10Cl2O.C9H9N3O2/c11-8-5-2-6-9(10(8)12)13-7-3-1-4-7;10-9(14)7-4-11-12-6(5-13)2-1-3-8(7)12/h2,5-7H,1,3-4H2;1-4,13H,5H2,(H2,10,14). The van der Waals surface area contributed by atoms with Gasteiger partial charge in [0.15, 0.2) is 0 Å². The monoisotopic (exact) mass is 407 g/mol. The van der Waals surface area contributed by atoms with Crippen molar-refractivity contribution in [2.24, 2.45) is 5.73 Å². The molecule has 3 aromatic rings. The first-order chi connectivity index (χ1) is 13.0. The van der Waals surface area contributed by atoms with E-state index in [1.807, 2.05) is 12.1 Å². The van der Waals surface area contributed by atoms with Crippen LogP contribution in [0.3, 0.4) is 0 Å². The van der Waals surface area contributed by atoms with Crippen LogP contribution >= 0.6 is 23.2 Å². The van der Waals surface area contributed by atoms with Crippen LogP contribution in [-0.2, 0) is 6.61 Å². The number of fused-ring (bicyclic) bond motifs is 1. The van der Waals surface area contributed by atoms with Gasteiger partial charge in [0.2, 0.25) is 0 Å². The number of pyridine rings is 1. The Morgan fingerprint density at radius 3 is 2.63 bits per heavy atom. The summed E-state index contributed by atoms with van der Waals surface area (Å²) in [4.78, 5) is 11.0. The van der Waals surface area contributed by atoms with Crippen molar-refractivity contribution in [2.45, 2.75) is 32.0 Å². The van der Waals surface area contributed by atoms with Crippen LogP contribution in [0.5, 0.6) is 5.75 Å². The van der Waals surface area contributed by atoms with Crippen molar-refractivity contribution in [1.82, 2.24) is 9.61 Å². The number of hydrogen-bond donors (Lipinski definition) is 2. The fraction of sp³-hybridized carbons (Fsp3) is 0.263. The molecule has 1 aromatic carbocycles. The lowest BCUT2D eigenvalue weighted by molar-refractivity contribution is 0.100. The molecule has 0 bridgehead atoms. The van der Waals surface area contributed by atoms with Crippen molar-refractivity contribution < 1.29 is 14.6 Å². The lowest BCUT2D eigenvalue weighted by Crippen LogP contribution is -2.24. The molecule has 0 atom stereocenters. The summed E-state index contributed by atoms with van der Waals surface area (Å²) in [6.45, 7) is -0.128. The predicted molar refractivity (Wildman–Crippen MR) is 104 cm³/mol. The highest BCUT2D eigenvalue weighted by molar-refractivity contribution is 6.42. The van der Waals surface area contributed by atoms with Gasteiger partial charge in [-0.15, -0.1) is 0 Å². The first kappa shape index (κ1) is 19.5. The molecule has 6 nitrogen and oxygen atoms in total. The molecule has 8 heteroatoms. The Kier molecular flexibility index (Phi) is 6.21. The summed E-state index contributed by atoms with van der Waals surface area (Å²) < 4.78 is 7.15. The van der Waals surface area contributed by atoms with Crippen molar-refractivity contribution in [1.29, 1.82) is 0 Å². The fourth-order valence-corrected chi connectivity index (χ4v) is 2.96. The summed E-state index contributed by atoms with van der Waals surface area (Å²) in [6, 6.07) is 10.7. The van der Waals surface area contributed by atoms with Crippen molar-refractivity contribution in [3.05, 3.63) is 63.9 Å². The summed E-state index contributed by atoms with van der Waals surface area (Å²) in [5.41, 5.74) is 6.76. The summed E-state index contributed by atoms with van der Waals surface area (Å²) >= 11 is 11.8. The number of nitrogens with zero attached hydrogens (tertiary/aromatic N) is 2. The van der Waals surface area contributed by atoms with Crippen molar-refractivity contribution >= 4 is 34.6 Å². The zero-order chi connectivity index (χ0) is 19.4. The maximum Gasteiger partial charge on any atom is 0.252 e. The average molecular weight is 408 g/mol. The summed E-state index contributed by atoms with van der Waals surface area (Å²) in [6.07, 6.45) is 5.25. The number of ether oxygens (including phenoxy) is 1. The normalized spacial score (nSPS) is 13.6. The van der Waals surface area contributed by atoms with Gasteiger partial charge in [-0.25, -0.2) is 4.52 Å². The van der Waals surface area contributed by atoms with Crippen LogP contribution in [0.1, 0.15) is 35.3 Å². The van der Waals surface area contributed by atoms with Crippen molar-refractivity contribution in [3.8, 4) is 5.75 Å². The van der Waals surface area contributed by atoms with E-state index in [0.29, 0.717) is 38.7 Å². The van der Waals surface area contributed by atoms with Gasteiger partial charge < -0.3 is 15.6 Å². The molecule has 0 spiro atoms. The third-order valence-corrected chi connectivity index (χ3v) is 5.11. The summed E-state index contributed by atoms with van der Waals surface area (Å²) in [7, 11) is 0. The SMILES string of the molecule is Clc1cccc(OC2CCC2)c1Cl.NC(=O)c1cnn2c(CO)cccc12. The molecule has 2 aromatic heterocycles. The van der Waals surface area contributed by atoms with E-state index in [2.05, 4.69) is 5.10 Å². The average Bonchev–Trinajstić information content (AvgIpc) is 3.06. The third-order valence-electron chi connectivity index (χ3n) is 4.31. The fourth-order valence-electron chi connectivity index (χ4n) is 2.62. The molecule has 0 aliphatic heterocycles. The van der Waals surface area contributed by atoms with Crippen molar-refractivity contribution in [3.63, 3.8) is 0 Å². The van der Waals surface area contributed by atoms with E-state index >= 15 is 0 Å². The second-order valence-corrected chi connectivity index (χ2v) is 6.90. The van der Waals surface area contributed by atoms with Crippen LogP contribution in [0.2, 0.25) is 10.0 Å². The van der Waals surface area contributed by atoms with Gasteiger partial charge >= 0.3 is 0 Å².